The van der Waals surface area contributed by atoms with Crippen molar-refractivity contribution in [3.63, 3.8) is 0 Å². The number of hydrogen-bond donors (Lipinski definition) is 0. The second-order valence-electron chi connectivity index (χ2n) is 6.27. The van der Waals surface area contributed by atoms with E-state index in [1.807, 2.05) is 62.1 Å². The molecule has 0 spiro atoms. The summed E-state index contributed by atoms with van der Waals surface area (Å²) in [6.07, 6.45) is -0.375. The maximum Gasteiger partial charge on any atom is 0.263 e. The summed E-state index contributed by atoms with van der Waals surface area (Å²) in [7, 11) is 0. The predicted molar refractivity (Wildman–Crippen MR) is 90.6 cm³/mol. The predicted octanol–water partition coefficient (Wildman–Crippen LogP) is 3.24. The van der Waals surface area contributed by atoms with Crippen molar-refractivity contribution >= 4 is 16.7 Å². The van der Waals surface area contributed by atoms with E-state index in [0.29, 0.717) is 13.1 Å². The minimum Gasteiger partial charge on any atom is -0.481 e. The molecule has 2 aromatic carbocycles. The second kappa shape index (κ2) is 6.59. The van der Waals surface area contributed by atoms with Gasteiger partial charge in [-0.15, -0.1) is 0 Å². The molecule has 0 aliphatic carbocycles. The van der Waals surface area contributed by atoms with Crippen molar-refractivity contribution in [3.05, 3.63) is 42.5 Å². The molecular weight excluding hydrogens is 290 g/mol. The summed E-state index contributed by atoms with van der Waals surface area (Å²) in [5.41, 5.74) is 0. The van der Waals surface area contributed by atoms with E-state index in [0.717, 1.165) is 16.5 Å². The molecule has 0 N–H and O–H groups in total. The molecule has 0 bridgehead atoms. The number of morpholine rings is 1. The minimum absolute atomic E-state index is 0.0140. The Hall–Kier alpha value is -2.07. The highest BCUT2D eigenvalue weighted by atomic mass is 16.5. The molecule has 3 rings (SSSR count). The Bertz CT molecular complexity index is 690. The van der Waals surface area contributed by atoms with Gasteiger partial charge in [0.25, 0.3) is 5.91 Å². The van der Waals surface area contributed by atoms with Crippen molar-refractivity contribution in [1.29, 1.82) is 0 Å². The molecular formula is C19H23NO3. The molecule has 1 aliphatic rings. The van der Waals surface area contributed by atoms with E-state index in [1.165, 1.54) is 0 Å². The van der Waals surface area contributed by atoms with E-state index in [1.54, 1.807) is 0 Å². The van der Waals surface area contributed by atoms with Gasteiger partial charge >= 0.3 is 0 Å². The number of fused-ring (bicyclic) bond motifs is 1. The number of amides is 1. The molecule has 1 fully saturated rings. The summed E-state index contributed by atoms with van der Waals surface area (Å²) < 4.78 is 11.6. The van der Waals surface area contributed by atoms with E-state index < -0.39 is 6.10 Å². The summed E-state index contributed by atoms with van der Waals surface area (Å²) >= 11 is 0. The third kappa shape index (κ3) is 3.64. The Morgan fingerprint density at radius 2 is 1.78 bits per heavy atom. The molecule has 4 nitrogen and oxygen atoms in total. The molecule has 23 heavy (non-hydrogen) atoms. The molecule has 122 valence electrons. The lowest BCUT2D eigenvalue weighted by molar-refractivity contribution is -0.149. The number of nitrogens with zero attached hydrogens (tertiary/aromatic N) is 1. The largest absolute Gasteiger partial charge is 0.481 e. The van der Waals surface area contributed by atoms with Crippen LogP contribution in [0.15, 0.2) is 42.5 Å². The highest BCUT2D eigenvalue weighted by Gasteiger charge is 2.29. The quantitative estimate of drug-likeness (QED) is 0.873. The molecule has 1 aliphatic heterocycles. The second-order valence-corrected chi connectivity index (χ2v) is 6.27. The van der Waals surface area contributed by atoms with E-state index in [9.17, 15) is 4.79 Å². The van der Waals surface area contributed by atoms with Gasteiger partial charge in [0.15, 0.2) is 6.10 Å². The Balaban J connectivity index is 1.69. The standard InChI is InChI=1S/C19H23NO3/c1-13-11-20(12-14(2)22-13)19(21)15(3)23-18-9-8-16-6-4-5-7-17(16)10-18/h4-10,13-15H,11-12H2,1-3H3. The SMILES string of the molecule is CC1CN(C(=O)C(C)Oc2ccc3ccccc3c2)CC(C)O1. The Labute approximate surface area is 137 Å². The zero-order valence-corrected chi connectivity index (χ0v) is 13.9. The number of carbonyl (C=O) groups excluding carboxylic acids is 1. The number of ether oxygens (including phenoxy) is 2. The fraction of sp³-hybridized carbons (Fsp3) is 0.421. The number of rotatable bonds is 3. The Morgan fingerprint density at radius 3 is 2.48 bits per heavy atom. The van der Waals surface area contributed by atoms with Crippen molar-refractivity contribution in [2.24, 2.45) is 0 Å². The van der Waals surface area contributed by atoms with Crippen LogP contribution in [0.2, 0.25) is 0 Å². The van der Waals surface area contributed by atoms with Crippen LogP contribution < -0.4 is 4.74 Å². The van der Waals surface area contributed by atoms with Gasteiger partial charge in [0.1, 0.15) is 5.75 Å². The van der Waals surface area contributed by atoms with Crippen molar-refractivity contribution in [2.45, 2.75) is 39.1 Å². The molecule has 0 radical (unpaired) electrons. The first-order valence-corrected chi connectivity index (χ1v) is 8.12. The zero-order chi connectivity index (χ0) is 16.4. The van der Waals surface area contributed by atoms with Gasteiger partial charge in [-0.2, -0.15) is 0 Å². The first-order chi connectivity index (χ1) is 11.0. The average Bonchev–Trinajstić information content (AvgIpc) is 2.53. The zero-order valence-electron chi connectivity index (χ0n) is 13.9. The van der Waals surface area contributed by atoms with Crippen LogP contribution in [0, 0.1) is 0 Å². The lowest BCUT2D eigenvalue weighted by atomic mass is 10.1. The minimum atomic E-state index is -0.506. The lowest BCUT2D eigenvalue weighted by Gasteiger charge is -2.36. The summed E-state index contributed by atoms with van der Waals surface area (Å²) in [4.78, 5) is 14.4. The van der Waals surface area contributed by atoms with Gasteiger partial charge in [-0.1, -0.05) is 30.3 Å². The van der Waals surface area contributed by atoms with Gasteiger partial charge in [0.05, 0.1) is 12.2 Å². The summed E-state index contributed by atoms with van der Waals surface area (Å²) in [6, 6.07) is 14.0. The van der Waals surface area contributed by atoms with Gasteiger partial charge < -0.3 is 14.4 Å². The fourth-order valence-corrected chi connectivity index (χ4v) is 3.11. The Kier molecular flexibility index (Phi) is 4.53. The highest BCUT2D eigenvalue weighted by Crippen LogP contribution is 2.22. The van der Waals surface area contributed by atoms with Gasteiger partial charge in [-0.05, 0) is 43.7 Å². The van der Waals surface area contributed by atoms with Crippen LogP contribution in [0.4, 0.5) is 0 Å². The molecule has 1 amide bonds. The summed E-state index contributed by atoms with van der Waals surface area (Å²) in [5.74, 6) is 0.735. The van der Waals surface area contributed by atoms with Gasteiger partial charge in [0, 0.05) is 13.1 Å². The van der Waals surface area contributed by atoms with Crippen LogP contribution in [0.3, 0.4) is 0 Å². The number of carbonyl (C=O) groups is 1. The molecule has 1 heterocycles. The number of hydrogen-bond acceptors (Lipinski definition) is 3. The lowest BCUT2D eigenvalue weighted by Crippen LogP contribution is -2.51. The van der Waals surface area contributed by atoms with E-state index >= 15 is 0 Å². The smallest absolute Gasteiger partial charge is 0.263 e. The highest BCUT2D eigenvalue weighted by molar-refractivity contribution is 5.84. The summed E-state index contributed by atoms with van der Waals surface area (Å²) in [5, 5.41) is 2.27. The van der Waals surface area contributed by atoms with Crippen molar-refractivity contribution in [2.75, 3.05) is 13.1 Å². The molecule has 0 saturated carbocycles. The normalized spacial score (nSPS) is 22.8. The molecule has 2 aromatic rings. The third-order valence-electron chi connectivity index (χ3n) is 4.11. The van der Waals surface area contributed by atoms with Crippen LogP contribution in [-0.4, -0.2) is 42.2 Å². The monoisotopic (exact) mass is 313 g/mol. The average molecular weight is 313 g/mol. The molecule has 3 unspecified atom stereocenters. The van der Waals surface area contributed by atoms with Crippen LogP contribution in [0.5, 0.6) is 5.75 Å². The van der Waals surface area contributed by atoms with E-state index in [4.69, 9.17) is 9.47 Å². The maximum atomic E-state index is 12.6. The summed E-state index contributed by atoms with van der Waals surface area (Å²) in [6.45, 7) is 7.03. The third-order valence-corrected chi connectivity index (χ3v) is 4.11. The van der Waals surface area contributed by atoms with Crippen LogP contribution in [-0.2, 0) is 9.53 Å². The first kappa shape index (κ1) is 15.8. The van der Waals surface area contributed by atoms with Crippen LogP contribution in [0.1, 0.15) is 20.8 Å². The Morgan fingerprint density at radius 1 is 1.13 bits per heavy atom. The number of benzene rings is 2. The first-order valence-electron chi connectivity index (χ1n) is 8.12. The van der Waals surface area contributed by atoms with Gasteiger partial charge in [-0.25, -0.2) is 0 Å². The van der Waals surface area contributed by atoms with Crippen molar-refractivity contribution in [1.82, 2.24) is 4.90 Å². The molecule has 4 heteroatoms. The van der Waals surface area contributed by atoms with E-state index in [-0.39, 0.29) is 18.1 Å². The maximum absolute atomic E-state index is 12.6. The molecule has 0 aromatic heterocycles. The van der Waals surface area contributed by atoms with Crippen LogP contribution >= 0.6 is 0 Å². The topological polar surface area (TPSA) is 38.8 Å². The van der Waals surface area contributed by atoms with Crippen LogP contribution in [0.25, 0.3) is 10.8 Å². The van der Waals surface area contributed by atoms with Gasteiger partial charge in [0.2, 0.25) is 0 Å². The molecule has 1 saturated heterocycles. The van der Waals surface area contributed by atoms with Gasteiger partial charge in [-0.3, -0.25) is 4.79 Å². The fourth-order valence-electron chi connectivity index (χ4n) is 3.11. The van der Waals surface area contributed by atoms with Crippen molar-refractivity contribution in [3.8, 4) is 5.75 Å². The van der Waals surface area contributed by atoms with E-state index in [2.05, 4.69) is 6.07 Å². The molecule has 3 atom stereocenters. The van der Waals surface area contributed by atoms with Crippen molar-refractivity contribution < 1.29 is 14.3 Å².